The molecule has 2 heterocycles. The van der Waals surface area contributed by atoms with E-state index in [-0.39, 0.29) is 12.4 Å². The van der Waals surface area contributed by atoms with Crippen molar-refractivity contribution in [1.82, 2.24) is 14.9 Å². The number of aliphatic hydroxyl groups excluding tert-OH is 1. The Hall–Kier alpha value is -1.85. The van der Waals surface area contributed by atoms with E-state index in [1.165, 1.54) is 12.1 Å². The number of benzene rings is 1. The molecule has 0 saturated carbocycles. The number of piperidine rings is 1. The van der Waals surface area contributed by atoms with E-state index in [9.17, 15) is 9.50 Å². The molecule has 1 aliphatic heterocycles. The largest absolute Gasteiger partial charge is 0.395 e. The average Bonchev–Trinajstić information content (AvgIpc) is 2.56. The molecule has 3 rings (SSSR count). The maximum absolute atomic E-state index is 13.2. The minimum atomic E-state index is -0.241. The van der Waals surface area contributed by atoms with Gasteiger partial charge >= 0.3 is 0 Å². The van der Waals surface area contributed by atoms with Gasteiger partial charge in [-0.1, -0.05) is 12.1 Å². The van der Waals surface area contributed by atoms with Crippen LogP contribution in [0.5, 0.6) is 0 Å². The molecule has 0 amide bonds. The van der Waals surface area contributed by atoms with E-state index in [1.54, 1.807) is 12.1 Å². The predicted molar refractivity (Wildman–Crippen MR) is 87.7 cm³/mol. The van der Waals surface area contributed by atoms with Crippen molar-refractivity contribution in [3.8, 4) is 11.1 Å². The molecular weight excluding hydrogens is 293 g/mol. The average molecular weight is 315 g/mol. The second-order valence-electron chi connectivity index (χ2n) is 6.09. The van der Waals surface area contributed by atoms with Gasteiger partial charge in [-0.25, -0.2) is 14.4 Å². The number of likely N-dealkylation sites (tertiary alicyclic amines) is 1. The van der Waals surface area contributed by atoms with Crippen LogP contribution in [0.1, 0.15) is 30.3 Å². The molecule has 1 aromatic carbocycles. The molecule has 1 aromatic heterocycles. The van der Waals surface area contributed by atoms with Gasteiger partial charge in [-0.3, -0.25) is 0 Å². The van der Waals surface area contributed by atoms with Gasteiger partial charge in [0.1, 0.15) is 11.6 Å². The first kappa shape index (κ1) is 16.0. The fourth-order valence-electron chi connectivity index (χ4n) is 3.27. The molecule has 0 aliphatic carbocycles. The molecule has 5 heteroatoms. The van der Waals surface area contributed by atoms with Crippen molar-refractivity contribution in [2.24, 2.45) is 0 Å². The number of β-amino-alcohol motifs (C(OH)–C–C–N with tert-alkyl or cyclic N) is 1. The molecule has 1 unspecified atom stereocenters. The fraction of sp³-hybridized carbons (Fsp3) is 0.444. The molecular formula is C18H22FN3O. The van der Waals surface area contributed by atoms with Crippen LogP contribution in [0.3, 0.4) is 0 Å². The molecule has 1 atom stereocenters. The van der Waals surface area contributed by atoms with Crippen LogP contribution in [0.4, 0.5) is 4.39 Å². The van der Waals surface area contributed by atoms with Gasteiger partial charge in [-0.15, -0.1) is 0 Å². The summed E-state index contributed by atoms with van der Waals surface area (Å²) in [4.78, 5) is 11.3. The van der Waals surface area contributed by atoms with Crippen LogP contribution in [0, 0.1) is 12.7 Å². The quantitative estimate of drug-likeness (QED) is 0.942. The lowest BCUT2D eigenvalue weighted by Gasteiger charge is -2.32. The zero-order chi connectivity index (χ0) is 16.2. The number of aryl methyl sites for hydroxylation is 1. The SMILES string of the molecule is Cc1ncc(-c2ccc(F)cc2)c(C2CCCN(CCO)C2)n1. The van der Waals surface area contributed by atoms with Gasteiger partial charge in [0.05, 0.1) is 12.3 Å². The van der Waals surface area contributed by atoms with E-state index >= 15 is 0 Å². The van der Waals surface area contributed by atoms with Gasteiger partial charge in [-0.05, 0) is 44.0 Å². The summed E-state index contributed by atoms with van der Waals surface area (Å²) in [7, 11) is 0. The summed E-state index contributed by atoms with van der Waals surface area (Å²) in [5.74, 6) is 0.831. The number of aromatic nitrogens is 2. The van der Waals surface area contributed by atoms with Crippen molar-refractivity contribution in [1.29, 1.82) is 0 Å². The lowest BCUT2D eigenvalue weighted by Crippen LogP contribution is -2.36. The Labute approximate surface area is 136 Å². The minimum absolute atomic E-state index is 0.181. The first-order valence-electron chi connectivity index (χ1n) is 8.10. The molecule has 122 valence electrons. The number of hydrogen-bond donors (Lipinski definition) is 1. The Kier molecular flexibility index (Phi) is 4.98. The molecule has 1 N–H and O–H groups in total. The van der Waals surface area contributed by atoms with Crippen molar-refractivity contribution >= 4 is 0 Å². The summed E-state index contributed by atoms with van der Waals surface area (Å²) in [5, 5.41) is 9.18. The van der Waals surface area contributed by atoms with Crippen molar-refractivity contribution < 1.29 is 9.50 Å². The van der Waals surface area contributed by atoms with Gasteiger partial charge in [0.2, 0.25) is 0 Å². The Morgan fingerprint density at radius 2 is 2.09 bits per heavy atom. The maximum atomic E-state index is 13.2. The van der Waals surface area contributed by atoms with Gasteiger partial charge in [0.15, 0.2) is 0 Å². The third-order valence-electron chi connectivity index (χ3n) is 4.40. The summed E-state index contributed by atoms with van der Waals surface area (Å²) >= 11 is 0. The standard InChI is InChI=1S/C18H22FN3O/c1-13-20-11-17(14-4-6-16(19)7-5-14)18(21-13)15-3-2-8-22(12-15)9-10-23/h4-7,11,15,23H,2-3,8-10,12H2,1H3. The van der Waals surface area contributed by atoms with Gasteiger partial charge < -0.3 is 10.0 Å². The third-order valence-corrected chi connectivity index (χ3v) is 4.40. The van der Waals surface area contributed by atoms with E-state index in [1.807, 2.05) is 13.1 Å². The fourth-order valence-corrected chi connectivity index (χ4v) is 3.27. The van der Waals surface area contributed by atoms with E-state index < -0.39 is 0 Å². The highest BCUT2D eigenvalue weighted by Gasteiger charge is 2.25. The van der Waals surface area contributed by atoms with Crippen LogP contribution < -0.4 is 0 Å². The van der Waals surface area contributed by atoms with E-state index in [4.69, 9.17) is 4.98 Å². The van der Waals surface area contributed by atoms with Crippen molar-refractivity contribution in [2.75, 3.05) is 26.2 Å². The maximum Gasteiger partial charge on any atom is 0.125 e. The summed E-state index contributed by atoms with van der Waals surface area (Å²) in [6.07, 6.45) is 4.01. The summed E-state index contributed by atoms with van der Waals surface area (Å²) < 4.78 is 13.2. The molecule has 2 aromatic rings. The lowest BCUT2D eigenvalue weighted by molar-refractivity contribution is 0.160. The van der Waals surface area contributed by atoms with E-state index in [0.29, 0.717) is 12.5 Å². The second kappa shape index (κ2) is 7.15. The van der Waals surface area contributed by atoms with Crippen molar-refractivity contribution in [3.05, 3.63) is 47.8 Å². The minimum Gasteiger partial charge on any atom is -0.395 e. The van der Waals surface area contributed by atoms with Gasteiger partial charge in [-0.2, -0.15) is 0 Å². The highest BCUT2D eigenvalue weighted by Crippen LogP contribution is 2.32. The molecule has 0 bridgehead atoms. The van der Waals surface area contributed by atoms with E-state index in [2.05, 4.69) is 9.88 Å². The number of nitrogens with zero attached hydrogens (tertiary/aromatic N) is 3. The normalized spacial score (nSPS) is 19.0. The van der Waals surface area contributed by atoms with Crippen LogP contribution in [0.25, 0.3) is 11.1 Å². The van der Waals surface area contributed by atoms with Crippen LogP contribution in [-0.4, -0.2) is 46.2 Å². The summed E-state index contributed by atoms with van der Waals surface area (Å²) in [6, 6.07) is 6.50. The van der Waals surface area contributed by atoms with Crippen LogP contribution in [0.15, 0.2) is 30.5 Å². The Balaban J connectivity index is 1.94. The Bertz CT molecular complexity index is 658. The zero-order valence-electron chi connectivity index (χ0n) is 13.4. The van der Waals surface area contributed by atoms with E-state index in [0.717, 1.165) is 48.6 Å². The highest BCUT2D eigenvalue weighted by atomic mass is 19.1. The number of aliphatic hydroxyl groups is 1. The zero-order valence-corrected chi connectivity index (χ0v) is 13.4. The number of halogens is 1. The molecule has 1 aliphatic rings. The molecule has 23 heavy (non-hydrogen) atoms. The van der Waals surface area contributed by atoms with Crippen LogP contribution in [-0.2, 0) is 0 Å². The summed E-state index contributed by atoms with van der Waals surface area (Å²) in [6.45, 7) is 4.69. The number of rotatable bonds is 4. The molecule has 0 radical (unpaired) electrons. The first-order chi connectivity index (χ1) is 11.2. The Morgan fingerprint density at radius 1 is 1.30 bits per heavy atom. The van der Waals surface area contributed by atoms with Crippen molar-refractivity contribution in [3.63, 3.8) is 0 Å². The lowest BCUT2D eigenvalue weighted by atomic mass is 9.90. The topological polar surface area (TPSA) is 49.2 Å². The van der Waals surface area contributed by atoms with Crippen LogP contribution >= 0.6 is 0 Å². The molecule has 4 nitrogen and oxygen atoms in total. The third kappa shape index (κ3) is 3.74. The molecule has 1 fully saturated rings. The number of hydrogen-bond acceptors (Lipinski definition) is 4. The van der Waals surface area contributed by atoms with Gasteiger partial charge in [0.25, 0.3) is 0 Å². The first-order valence-corrected chi connectivity index (χ1v) is 8.10. The molecule has 0 spiro atoms. The molecule has 1 saturated heterocycles. The van der Waals surface area contributed by atoms with Crippen molar-refractivity contribution in [2.45, 2.75) is 25.7 Å². The van der Waals surface area contributed by atoms with Gasteiger partial charge in [0, 0.05) is 30.8 Å². The van der Waals surface area contributed by atoms with Crippen LogP contribution in [0.2, 0.25) is 0 Å². The Morgan fingerprint density at radius 3 is 2.83 bits per heavy atom. The summed E-state index contributed by atoms with van der Waals surface area (Å²) in [5.41, 5.74) is 2.96. The smallest absolute Gasteiger partial charge is 0.125 e. The predicted octanol–water partition coefficient (Wildman–Crippen LogP) is 2.76. The monoisotopic (exact) mass is 315 g/mol. The highest BCUT2D eigenvalue weighted by molar-refractivity contribution is 5.65. The second-order valence-corrected chi connectivity index (χ2v) is 6.09.